The molecule has 0 aromatic carbocycles. The summed E-state index contributed by atoms with van der Waals surface area (Å²) in [6, 6.07) is 1.54. The van der Waals surface area contributed by atoms with Crippen LogP contribution < -0.4 is 0 Å². The van der Waals surface area contributed by atoms with E-state index < -0.39 is 0 Å². The van der Waals surface area contributed by atoms with Crippen molar-refractivity contribution in [3.63, 3.8) is 0 Å². The summed E-state index contributed by atoms with van der Waals surface area (Å²) < 4.78 is 0. The van der Waals surface area contributed by atoms with Crippen LogP contribution in [-0.2, 0) is 0 Å². The molecular weight excluding hydrogens is 314 g/mol. The Kier molecular flexibility index (Phi) is 3.30. The molecule has 1 fully saturated rings. The Labute approximate surface area is 136 Å². The van der Waals surface area contributed by atoms with Crippen LogP contribution in [0.25, 0.3) is 0 Å². The molecule has 1 saturated heterocycles. The Balaban J connectivity index is 1.73. The van der Waals surface area contributed by atoms with Gasteiger partial charge in [-0.2, -0.15) is 0 Å². The Hall–Kier alpha value is -2.41. The number of likely N-dealkylation sites (tertiary alicyclic amines) is 1. The van der Waals surface area contributed by atoms with E-state index in [9.17, 15) is 14.4 Å². The van der Waals surface area contributed by atoms with Crippen molar-refractivity contribution in [2.75, 3.05) is 13.1 Å². The van der Waals surface area contributed by atoms with Gasteiger partial charge in [0.2, 0.25) is 11.6 Å². The first-order valence-corrected chi connectivity index (χ1v) is 8.32. The minimum Gasteiger partial charge on any atom is -0.338 e. The third-order valence-electron chi connectivity index (χ3n) is 4.17. The predicted octanol–water partition coefficient (Wildman–Crippen LogP) is 1.94. The predicted molar refractivity (Wildman–Crippen MR) is 83.0 cm³/mol. The summed E-state index contributed by atoms with van der Waals surface area (Å²) in [6.07, 6.45) is 5.90. The first-order chi connectivity index (χ1) is 11.2. The number of nitrogens with zero attached hydrogens (tertiary/aromatic N) is 3. The second kappa shape index (κ2) is 5.34. The molecule has 7 heteroatoms. The molecule has 3 heterocycles. The molecule has 2 aromatic heterocycles. The van der Waals surface area contributed by atoms with Gasteiger partial charge in [0.1, 0.15) is 11.4 Å². The zero-order valence-corrected chi connectivity index (χ0v) is 13.1. The van der Waals surface area contributed by atoms with Gasteiger partial charge in [-0.05, 0) is 25.3 Å². The van der Waals surface area contributed by atoms with Gasteiger partial charge in [0, 0.05) is 31.0 Å². The molecule has 0 spiro atoms. The number of hydrogen-bond acceptors (Lipinski definition) is 6. The maximum atomic E-state index is 12.6. The minimum atomic E-state index is -0.336. The van der Waals surface area contributed by atoms with E-state index in [2.05, 4.69) is 9.97 Å². The van der Waals surface area contributed by atoms with E-state index in [1.165, 1.54) is 18.5 Å². The Morgan fingerprint density at radius 2 is 1.65 bits per heavy atom. The second-order valence-corrected chi connectivity index (χ2v) is 6.67. The van der Waals surface area contributed by atoms with Crippen molar-refractivity contribution in [1.29, 1.82) is 0 Å². The smallest absolute Gasteiger partial charge is 0.263 e. The Morgan fingerprint density at radius 3 is 2.35 bits per heavy atom. The van der Waals surface area contributed by atoms with Crippen molar-refractivity contribution >= 4 is 28.8 Å². The fourth-order valence-electron chi connectivity index (χ4n) is 2.99. The summed E-state index contributed by atoms with van der Waals surface area (Å²) in [6.45, 7) is 1.46. The number of hydrogen-bond donors (Lipinski definition) is 0. The number of aromatic nitrogens is 2. The Morgan fingerprint density at radius 1 is 1.00 bits per heavy atom. The molecule has 0 radical (unpaired) electrons. The SMILES string of the molecule is O=C1c2cc(C(=O)N3CCCCC3)sc2C(=O)c2nccnc21. The average Bonchev–Trinajstić information content (AvgIpc) is 3.05. The third kappa shape index (κ3) is 2.19. The van der Waals surface area contributed by atoms with E-state index in [-0.39, 0.29) is 34.4 Å². The molecule has 0 N–H and O–H groups in total. The normalized spacial score (nSPS) is 17.0. The quantitative estimate of drug-likeness (QED) is 0.682. The van der Waals surface area contributed by atoms with E-state index >= 15 is 0 Å². The molecule has 0 saturated carbocycles. The molecule has 0 unspecified atom stereocenters. The maximum absolute atomic E-state index is 12.6. The standard InChI is InChI=1S/C16H13N3O3S/c20-13-9-8-10(16(22)19-6-2-1-3-7-19)23-15(9)14(21)12-11(13)17-4-5-18-12/h4-5,8H,1-3,6-7H2. The lowest BCUT2D eigenvalue weighted by molar-refractivity contribution is 0.0729. The molecule has 1 aliphatic heterocycles. The van der Waals surface area contributed by atoms with Gasteiger partial charge in [0.15, 0.2) is 0 Å². The van der Waals surface area contributed by atoms with Gasteiger partial charge in [-0.3, -0.25) is 14.4 Å². The monoisotopic (exact) mass is 327 g/mol. The van der Waals surface area contributed by atoms with Crippen molar-refractivity contribution in [1.82, 2.24) is 14.9 Å². The average molecular weight is 327 g/mol. The van der Waals surface area contributed by atoms with E-state index in [0.717, 1.165) is 43.7 Å². The van der Waals surface area contributed by atoms with E-state index in [1.807, 2.05) is 0 Å². The van der Waals surface area contributed by atoms with Crippen molar-refractivity contribution < 1.29 is 14.4 Å². The van der Waals surface area contributed by atoms with Gasteiger partial charge in [0.05, 0.1) is 9.75 Å². The summed E-state index contributed by atoms with van der Waals surface area (Å²) in [5, 5.41) is 0. The third-order valence-corrected chi connectivity index (χ3v) is 5.29. The van der Waals surface area contributed by atoms with Crippen molar-refractivity contribution in [3.8, 4) is 0 Å². The molecule has 116 valence electrons. The number of thiophene rings is 1. The molecule has 6 nitrogen and oxygen atoms in total. The second-order valence-electron chi connectivity index (χ2n) is 5.62. The molecule has 0 bridgehead atoms. The number of piperidine rings is 1. The fraction of sp³-hybridized carbons (Fsp3) is 0.312. The van der Waals surface area contributed by atoms with E-state index in [0.29, 0.717) is 9.75 Å². The van der Waals surface area contributed by atoms with Crippen LogP contribution >= 0.6 is 11.3 Å². The van der Waals surface area contributed by atoms with Crippen LogP contribution in [0.2, 0.25) is 0 Å². The van der Waals surface area contributed by atoms with Crippen molar-refractivity contribution in [2.24, 2.45) is 0 Å². The Bertz CT molecular complexity index is 784. The topological polar surface area (TPSA) is 80.2 Å². The zero-order chi connectivity index (χ0) is 16.0. The number of carbonyl (C=O) groups is 3. The molecule has 1 amide bonds. The van der Waals surface area contributed by atoms with Gasteiger partial charge in [-0.1, -0.05) is 0 Å². The summed E-state index contributed by atoms with van der Waals surface area (Å²) in [5.74, 6) is -0.767. The van der Waals surface area contributed by atoms with Crippen LogP contribution in [0, 0.1) is 0 Å². The van der Waals surface area contributed by atoms with Gasteiger partial charge in [-0.25, -0.2) is 9.97 Å². The fourth-order valence-corrected chi connectivity index (χ4v) is 4.06. The van der Waals surface area contributed by atoms with Gasteiger partial charge >= 0.3 is 0 Å². The first-order valence-electron chi connectivity index (χ1n) is 7.50. The first kappa shape index (κ1) is 14.2. The molecule has 2 aromatic rings. The minimum absolute atomic E-state index is 0.0692. The highest BCUT2D eigenvalue weighted by Crippen LogP contribution is 2.32. The molecule has 2 aliphatic rings. The van der Waals surface area contributed by atoms with Crippen molar-refractivity contribution in [3.05, 3.63) is 45.2 Å². The largest absolute Gasteiger partial charge is 0.338 e. The molecular formula is C16H13N3O3S. The molecule has 23 heavy (non-hydrogen) atoms. The molecule has 1 aliphatic carbocycles. The van der Waals surface area contributed by atoms with Crippen LogP contribution in [0.5, 0.6) is 0 Å². The highest BCUT2D eigenvalue weighted by atomic mass is 32.1. The van der Waals surface area contributed by atoms with Crippen molar-refractivity contribution in [2.45, 2.75) is 19.3 Å². The number of amides is 1. The highest BCUT2D eigenvalue weighted by Gasteiger charge is 2.35. The van der Waals surface area contributed by atoms with Gasteiger partial charge < -0.3 is 4.90 Å². The van der Waals surface area contributed by atoms with Gasteiger partial charge in [0.25, 0.3) is 5.91 Å². The summed E-state index contributed by atoms with van der Waals surface area (Å²) in [5.41, 5.74) is 0.414. The highest BCUT2D eigenvalue weighted by molar-refractivity contribution is 7.16. The lowest BCUT2D eigenvalue weighted by Gasteiger charge is -2.26. The number of ketones is 2. The lowest BCUT2D eigenvalue weighted by atomic mass is 9.96. The summed E-state index contributed by atoms with van der Waals surface area (Å²) in [4.78, 5) is 48.0. The van der Waals surface area contributed by atoms with Crippen LogP contribution in [0.4, 0.5) is 0 Å². The lowest BCUT2D eigenvalue weighted by Crippen LogP contribution is -2.35. The zero-order valence-electron chi connectivity index (χ0n) is 12.2. The van der Waals surface area contributed by atoms with E-state index in [4.69, 9.17) is 0 Å². The molecule has 4 rings (SSSR count). The number of fused-ring (bicyclic) bond motifs is 2. The number of carbonyl (C=O) groups excluding carboxylic acids is 3. The van der Waals surface area contributed by atoms with Crippen LogP contribution in [0.1, 0.15) is 60.4 Å². The summed E-state index contributed by atoms with van der Waals surface area (Å²) in [7, 11) is 0. The summed E-state index contributed by atoms with van der Waals surface area (Å²) >= 11 is 1.08. The van der Waals surface area contributed by atoms with Crippen LogP contribution in [-0.4, -0.2) is 45.4 Å². The molecule has 0 atom stereocenters. The van der Waals surface area contributed by atoms with Crippen LogP contribution in [0.15, 0.2) is 18.5 Å². The maximum Gasteiger partial charge on any atom is 0.263 e. The van der Waals surface area contributed by atoms with Gasteiger partial charge in [-0.15, -0.1) is 11.3 Å². The van der Waals surface area contributed by atoms with Crippen LogP contribution in [0.3, 0.4) is 0 Å². The number of rotatable bonds is 1. The van der Waals surface area contributed by atoms with E-state index in [1.54, 1.807) is 4.90 Å².